The number of nitrogens with two attached hydrogens (primary N) is 1. The van der Waals surface area contributed by atoms with E-state index in [1.165, 1.54) is 6.08 Å². The number of rotatable bonds is 1. The summed E-state index contributed by atoms with van der Waals surface area (Å²) in [6, 6.07) is -1.35. The molecule has 0 radical (unpaired) electrons. The van der Waals surface area contributed by atoms with Gasteiger partial charge in [0, 0.05) is 15.9 Å². The summed E-state index contributed by atoms with van der Waals surface area (Å²) in [5.74, 6) is 0. The fraction of sp³-hybridized carbons (Fsp3) is 0.333. The standard InChI is InChI=1S/C6H8N2O2S/c7-5-2-1-4(11)3-6(5)8(9)10/h1-3,5-6,11H,7H2. The van der Waals surface area contributed by atoms with Crippen LogP contribution in [-0.2, 0) is 0 Å². The highest BCUT2D eigenvalue weighted by Crippen LogP contribution is 2.14. The number of hydrogen-bond donors (Lipinski definition) is 2. The van der Waals surface area contributed by atoms with E-state index in [1.807, 2.05) is 0 Å². The maximum Gasteiger partial charge on any atom is 0.251 e. The summed E-state index contributed by atoms with van der Waals surface area (Å²) in [6.07, 6.45) is 4.68. The van der Waals surface area contributed by atoms with Gasteiger partial charge in [-0.2, -0.15) is 0 Å². The van der Waals surface area contributed by atoms with Gasteiger partial charge in [0.25, 0.3) is 6.04 Å². The van der Waals surface area contributed by atoms with Crippen LogP contribution in [0.3, 0.4) is 0 Å². The second-order valence-electron chi connectivity index (χ2n) is 2.30. The quantitative estimate of drug-likeness (QED) is 0.340. The molecule has 0 bridgehead atoms. The van der Waals surface area contributed by atoms with Crippen LogP contribution < -0.4 is 5.73 Å². The van der Waals surface area contributed by atoms with E-state index >= 15 is 0 Å². The fourth-order valence-corrected chi connectivity index (χ4v) is 1.11. The lowest BCUT2D eigenvalue weighted by molar-refractivity contribution is -0.510. The van der Waals surface area contributed by atoms with E-state index in [0.717, 1.165) is 0 Å². The fourth-order valence-electron chi connectivity index (χ4n) is 0.867. The molecule has 1 aliphatic rings. The van der Waals surface area contributed by atoms with Gasteiger partial charge in [-0.25, -0.2) is 0 Å². The van der Waals surface area contributed by atoms with Crippen molar-refractivity contribution in [2.45, 2.75) is 12.1 Å². The lowest BCUT2D eigenvalue weighted by Gasteiger charge is -2.13. The Hall–Kier alpha value is -0.810. The van der Waals surface area contributed by atoms with E-state index in [4.69, 9.17) is 5.73 Å². The van der Waals surface area contributed by atoms with E-state index in [2.05, 4.69) is 12.6 Å². The Morgan fingerprint density at radius 1 is 1.73 bits per heavy atom. The van der Waals surface area contributed by atoms with Gasteiger partial charge < -0.3 is 5.73 Å². The molecule has 0 aromatic heterocycles. The van der Waals surface area contributed by atoms with E-state index in [9.17, 15) is 10.1 Å². The Balaban J connectivity index is 2.81. The van der Waals surface area contributed by atoms with Gasteiger partial charge in [-0.3, -0.25) is 10.1 Å². The molecule has 2 unspecified atom stereocenters. The van der Waals surface area contributed by atoms with Crippen molar-refractivity contribution in [1.29, 1.82) is 0 Å². The molecule has 0 aliphatic heterocycles. The molecule has 2 atom stereocenters. The van der Waals surface area contributed by atoms with Crippen LogP contribution in [0.4, 0.5) is 0 Å². The van der Waals surface area contributed by atoms with Crippen LogP contribution in [0.1, 0.15) is 0 Å². The summed E-state index contributed by atoms with van der Waals surface area (Å²) in [7, 11) is 0. The minimum atomic E-state index is -0.826. The number of nitro groups is 1. The molecular weight excluding hydrogens is 164 g/mol. The van der Waals surface area contributed by atoms with Crippen LogP contribution in [0.2, 0.25) is 0 Å². The Morgan fingerprint density at radius 2 is 2.36 bits per heavy atom. The minimum absolute atomic E-state index is 0.412. The molecule has 0 aromatic rings. The third-order valence-corrected chi connectivity index (χ3v) is 1.77. The minimum Gasteiger partial charge on any atom is -0.318 e. The van der Waals surface area contributed by atoms with Gasteiger partial charge in [0.05, 0.1) is 6.04 Å². The van der Waals surface area contributed by atoms with Gasteiger partial charge in [0.15, 0.2) is 0 Å². The van der Waals surface area contributed by atoms with Gasteiger partial charge in [-0.05, 0) is 0 Å². The van der Waals surface area contributed by atoms with Crippen molar-refractivity contribution in [3.63, 3.8) is 0 Å². The number of allylic oxidation sites excluding steroid dienone is 1. The van der Waals surface area contributed by atoms with Gasteiger partial charge in [-0.1, -0.05) is 12.2 Å². The van der Waals surface area contributed by atoms with Crippen LogP contribution in [0, 0.1) is 10.1 Å². The smallest absolute Gasteiger partial charge is 0.251 e. The first-order valence-electron chi connectivity index (χ1n) is 3.09. The third-order valence-electron chi connectivity index (χ3n) is 1.47. The number of hydrogen-bond acceptors (Lipinski definition) is 4. The Kier molecular flexibility index (Phi) is 2.31. The average molecular weight is 172 g/mol. The highest BCUT2D eigenvalue weighted by atomic mass is 32.1. The highest BCUT2D eigenvalue weighted by Gasteiger charge is 2.26. The van der Waals surface area contributed by atoms with E-state index in [1.54, 1.807) is 12.2 Å². The summed E-state index contributed by atoms with van der Waals surface area (Å²) < 4.78 is 0. The molecule has 4 nitrogen and oxygen atoms in total. The summed E-state index contributed by atoms with van der Waals surface area (Å²) in [5.41, 5.74) is 5.44. The van der Waals surface area contributed by atoms with Crippen molar-refractivity contribution < 1.29 is 4.92 Å². The lowest BCUT2D eigenvalue weighted by Crippen LogP contribution is -2.38. The zero-order valence-corrected chi connectivity index (χ0v) is 6.57. The second kappa shape index (κ2) is 3.06. The maximum absolute atomic E-state index is 10.3. The first-order chi connectivity index (χ1) is 5.11. The third kappa shape index (κ3) is 1.81. The van der Waals surface area contributed by atoms with Crippen molar-refractivity contribution in [3.8, 4) is 0 Å². The second-order valence-corrected chi connectivity index (χ2v) is 2.82. The molecule has 0 heterocycles. The van der Waals surface area contributed by atoms with E-state index in [-0.39, 0.29) is 0 Å². The van der Waals surface area contributed by atoms with Crippen molar-refractivity contribution >= 4 is 12.6 Å². The highest BCUT2D eigenvalue weighted by molar-refractivity contribution is 7.84. The summed E-state index contributed by atoms with van der Waals surface area (Å²) >= 11 is 3.97. The van der Waals surface area contributed by atoms with Crippen molar-refractivity contribution in [1.82, 2.24) is 0 Å². The lowest BCUT2D eigenvalue weighted by atomic mass is 10.1. The number of thiol groups is 1. The first-order valence-corrected chi connectivity index (χ1v) is 3.54. The zero-order chi connectivity index (χ0) is 8.43. The van der Waals surface area contributed by atoms with Gasteiger partial charge in [-0.15, -0.1) is 12.6 Å². The molecule has 5 heteroatoms. The summed E-state index contributed by atoms with van der Waals surface area (Å²) in [6.45, 7) is 0. The molecule has 11 heavy (non-hydrogen) atoms. The molecule has 60 valence electrons. The molecule has 0 saturated heterocycles. The normalized spacial score (nSPS) is 29.8. The predicted molar refractivity (Wildman–Crippen MR) is 45.0 cm³/mol. The first kappa shape index (κ1) is 8.29. The maximum atomic E-state index is 10.3. The van der Waals surface area contributed by atoms with Crippen molar-refractivity contribution in [2.75, 3.05) is 0 Å². The zero-order valence-electron chi connectivity index (χ0n) is 5.68. The SMILES string of the molecule is NC1C=CC(S)=CC1[N+](=O)[O-]. The van der Waals surface area contributed by atoms with Gasteiger partial charge in [0.2, 0.25) is 0 Å². The molecular formula is C6H8N2O2S. The van der Waals surface area contributed by atoms with Crippen LogP contribution in [0.5, 0.6) is 0 Å². The van der Waals surface area contributed by atoms with Crippen LogP contribution in [0.15, 0.2) is 23.1 Å². The molecule has 0 saturated carbocycles. The molecule has 0 fully saturated rings. The van der Waals surface area contributed by atoms with Gasteiger partial charge >= 0.3 is 0 Å². The Bertz CT molecular complexity index is 237. The molecule has 1 rings (SSSR count). The predicted octanol–water partition coefficient (Wildman–Crippen LogP) is 0.342. The molecule has 0 aromatic carbocycles. The molecule has 2 N–H and O–H groups in total. The number of nitrogens with zero attached hydrogens (tertiary/aromatic N) is 1. The molecule has 0 amide bonds. The topological polar surface area (TPSA) is 69.2 Å². The van der Waals surface area contributed by atoms with Gasteiger partial charge in [0.1, 0.15) is 0 Å². The summed E-state index contributed by atoms with van der Waals surface area (Å²) in [4.78, 5) is 10.5. The van der Waals surface area contributed by atoms with E-state index in [0.29, 0.717) is 4.91 Å². The largest absolute Gasteiger partial charge is 0.318 e. The van der Waals surface area contributed by atoms with Crippen molar-refractivity contribution in [2.24, 2.45) is 5.73 Å². The van der Waals surface area contributed by atoms with Crippen molar-refractivity contribution in [3.05, 3.63) is 33.2 Å². The van der Waals surface area contributed by atoms with Crippen LogP contribution >= 0.6 is 12.6 Å². The summed E-state index contributed by atoms with van der Waals surface area (Å²) in [5, 5.41) is 10.3. The van der Waals surface area contributed by atoms with Crippen LogP contribution in [0.25, 0.3) is 0 Å². The monoisotopic (exact) mass is 172 g/mol. The van der Waals surface area contributed by atoms with E-state index < -0.39 is 17.0 Å². The Labute approximate surface area is 69.3 Å². The van der Waals surface area contributed by atoms with Crippen LogP contribution in [-0.4, -0.2) is 17.0 Å². The Morgan fingerprint density at radius 3 is 2.82 bits per heavy atom. The molecule has 1 aliphatic carbocycles. The molecule has 0 spiro atoms. The average Bonchev–Trinajstić information content (AvgIpc) is 1.94.